The largest absolute Gasteiger partial charge is 0.399 e. The lowest BCUT2D eigenvalue weighted by molar-refractivity contribution is -0.0881. The minimum atomic E-state index is -4.25. The molecular weight excluding hydrogens is 201 g/mol. The first-order valence-corrected chi connectivity index (χ1v) is 5.08. The Hall–Kier alpha value is -0.770. The van der Waals surface area contributed by atoms with Crippen molar-refractivity contribution in [1.82, 2.24) is 0 Å². The maximum Gasteiger partial charge on any atom is 0.399 e. The van der Waals surface area contributed by atoms with Crippen molar-refractivity contribution in [1.29, 1.82) is 0 Å². The molecular formula is C7H6F2O3P. The lowest BCUT2D eigenvalue weighted by Gasteiger charge is -2.05. The maximum atomic E-state index is 11.6. The summed E-state index contributed by atoms with van der Waals surface area (Å²) in [6.07, 6.45) is -0.450. The molecule has 0 fully saturated rings. The van der Waals surface area contributed by atoms with Gasteiger partial charge >= 0.3 is 7.60 Å². The van der Waals surface area contributed by atoms with Gasteiger partial charge in [0, 0.05) is 0 Å². The Labute approximate surface area is 73.6 Å². The normalized spacial score (nSPS) is 11.5. The molecule has 0 aliphatic rings. The fraction of sp³-hybridized carbons (Fsp3) is 0.143. The molecule has 0 saturated carbocycles. The summed E-state index contributed by atoms with van der Waals surface area (Å²) in [7, 11) is -4.25. The maximum absolute atomic E-state index is 11.6. The third kappa shape index (κ3) is 2.88. The van der Waals surface area contributed by atoms with Crippen LogP contribution < -0.4 is 0 Å². The topological polar surface area (TPSA) is 35.5 Å². The summed E-state index contributed by atoms with van der Waals surface area (Å²) >= 11 is 0. The van der Waals surface area contributed by atoms with E-state index in [2.05, 4.69) is 15.5 Å². The average molecular weight is 207 g/mol. The number of rotatable bonds is 4. The predicted molar refractivity (Wildman–Crippen MR) is 41.0 cm³/mol. The van der Waals surface area contributed by atoms with E-state index in [1.54, 1.807) is 0 Å². The summed E-state index contributed by atoms with van der Waals surface area (Å²) in [6, 6.07) is 8.75. The Morgan fingerprint density at radius 3 is 2.31 bits per heavy atom. The molecule has 1 aromatic rings. The average Bonchev–Trinajstić information content (AvgIpc) is 2.19. The zero-order valence-electron chi connectivity index (χ0n) is 6.44. The highest BCUT2D eigenvalue weighted by atomic mass is 31.2. The van der Waals surface area contributed by atoms with E-state index in [1.807, 2.05) is 0 Å². The molecule has 1 rings (SSSR count). The number of hydrogen-bond acceptors (Lipinski definition) is 3. The van der Waals surface area contributed by atoms with Crippen molar-refractivity contribution in [2.45, 2.75) is 6.16 Å². The highest BCUT2D eigenvalue weighted by Gasteiger charge is 2.27. The van der Waals surface area contributed by atoms with Gasteiger partial charge in [0.15, 0.2) is 0 Å². The van der Waals surface area contributed by atoms with Crippen molar-refractivity contribution < 1.29 is 23.1 Å². The second kappa shape index (κ2) is 4.46. The van der Waals surface area contributed by atoms with Gasteiger partial charge in [0.1, 0.15) is 0 Å². The quantitative estimate of drug-likeness (QED) is 0.712. The molecule has 6 heteroatoms. The van der Waals surface area contributed by atoms with E-state index in [0.29, 0.717) is 5.56 Å². The molecule has 0 saturated heterocycles. The zero-order valence-corrected chi connectivity index (χ0v) is 7.34. The van der Waals surface area contributed by atoms with E-state index < -0.39 is 13.8 Å². The van der Waals surface area contributed by atoms with Crippen LogP contribution >= 0.6 is 7.60 Å². The second-order valence-electron chi connectivity index (χ2n) is 2.32. The van der Waals surface area contributed by atoms with Gasteiger partial charge in [-0.3, -0.25) is 4.57 Å². The monoisotopic (exact) mass is 207 g/mol. The molecule has 0 aliphatic heterocycles. The number of benzene rings is 1. The predicted octanol–water partition coefficient (Wildman–Crippen LogP) is 2.98. The first-order chi connectivity index (χ1) is 6.20. The molecule has 0 unspecified atom stereocenters. The molecule has 0 atom stereocenters. The van der Waals surface area contributed by atoms with Gasteiger partial charge in [-0.25, -0.2) is 0 Å². The molecule has 0 aliphatic carbocycles. The first kappa shape index (κ1) is 10.3. The highest BCUT2D eigenvalue weighted by molar-refractivity contribution is 7.52. The van der Waals surface area contributed by atoms with E-state index >= 15 is 0 Å². The van der Waals surface area contributed by atoms with Crippen molar-refractivity contribution in [3.63, 3.8) is 0 Å². The van der Waals surface area contributed by atoms with Crippen molar-refractivity contribution in [3.05, 3.63) is 35.9 Å². The van der Waals surface area contributed by atoms with Crippen molar-refractivity contribution in [3.8, 4) is 0 Å². The standard InChI is InChI=1S/C7H6F2O3P/c8-11-13(10,12-9)6-7-4-2-1-3-5-7/h2-5H,6H2. The van der Waals surface area contributed by atoms with Gasteiger partial charge in [-0.05, 0) is 20.7 Å². The van der Waals surface area contributed by atoms with Crippen LogP contribution in [-0.4, -0.2) is 0 Å². The molecule has 0 heterocycles. The van der Waals surface area contributed by atoms with E-state index in [1.165, 1.54) is 24.3 Å². The summed E-state index contributed by atoms with van der Waals surface area (Å²) in [5.74, 6) is 0. The Morgan fingerprint density at radius 1 is 1.31 bits per heavy atom. The van der Waals surface area contributed by atoms with Gasteiger partial charge in [0.25, 0.3) is 0 Å². The van der Waals surface area contributed by atoms with Crippen LogP contribution in [0.15, 0.2) is 24.3 Å². The number of hydrogen-bond donors (Lipinski definition) is 0. The van der Waals surface area contributed by atoms with Gasteiger partial charge in [0.2, 0.25) is 0 Å². The summed E-state index contributed by atoms with van der Waals surface area (Å²) in [6.45, 7) is 0. The zero-order chi connectivity index (χ0) is 9.73. The summed E-state index contributed by atoms with van der Waals surface area (Å²) in [5, 5.41) is 0. The minimum absolute atomic E-state index is 0.442. The van der Waals surface area contributed by atoms with Crippen LogP contribution in [0.1, 0.15) is 5.56 Å². The van der Waals surface area contributed by atoms with Crippen LogP contribution in [-0.2, 0) is 20.2 Å². The molecule has 1 radical (unpaired) electrons. The van der Waals surface area contributed by atoms with Gasteiger partial charge in [-0.1, -0.05) is 24.3 Å². The molecule has 1 aromatic carbocycles. The third-order valence-corrected chi connectivity index (χ3v) is 2.55. The van der Waals surface area contributed by atoms with Crippen LogP contribution in [0.5, 0.6) is 0 Å². The van der Waals surface area contributed by atoms with Gasteiger partial charge < -0.3 is 0 Å². The Bertz CT molecular complexity index is 296. The van der Waals surface area contributed by atoms with E-state index in [0.717, 1.165) is 0 Å². The SMILES string of the molecule is O=P(Cc1cc[c]cc1)(OF)OF. The number of halogens is 2. The fourth-order valence-electron chi connectivity index (χ4n) is 0.810. The first-order valence-electron chi connectivity index (χ1n) is 3.35. The lowest BCUT2D eigenvalue weighted by Crippen LogP contribution is -1.89. The minimum Gasteiger partial charge on any atom is -0.254 e. The molecule has 3 nitrogen and oxygen atoms in total. The van der Waals surface area contributed by atoms with Crippen molar-refractivity contribution in [2.24, 2.45) is 0 Å². The molecule has 0 aromatic heterocycles. The molecule has 0 bridgehead atoms. The Balaban J connectivity index is 2.74. The van der Waals surface area contributed by atoms with Gasteiger partial charge in [0.05, 0.1) is 6.16 Å². The smallest absolute Gasteiger partial charge is 0.254 e. The molecule has 0 N–H and O–H groups in total. The highest BCUT2D eigenvalue weighted by Crippen LogP contribution is 2.51. The molecule has 71 valence electrons. The summed E-state index contributed by atoms with van der Waals surface area (Å²) in [5.41, 5.74) is 0.442. The summed E-state index contributed by atoms with van der Waals surface area (Å²) in [4.78, 5) is 0. The lowest BCUT2D eigenvalue weighted by atomic mass is 10.2. The Morgan fingerprint density at radius 2 is 1.85 bits per heavy atom. The third-order valence-electron chi connectivity index (χ3n) is 1.37. The second-order valence-corrected chi connectivity index (χ2v) is 4.13. The fourth-order valence-corrected chi connectivity index (χ4v) is 1.59. The van der Waals surface area contributed by atoms with E-state index in [4.69, 9.17) is 0 Å². The van der Waals surface area contributed by atoms with E-state index in [9.17, 15) is 13.6 Å². The molecule has 0 amide bonds. The molecule has 0 spiro atoms. The molecule has 13 heavy (non-hydrogen) atoms. The van der Waals surface area contributed by atoms with Crippen LogP contribution in [0.25, 0.3) is 0 Å². The van der Waals surface area contributed by atoms with Crippen LogP contribution in [0.2, 0.25) is 0 Å². The van der Waals surface area contributed by atoms with Crippen LogP contribution in [0.3, 0.4) is 0 Å². The van der Waals surface area contributed by atoms with Crippen molar-refractivity contribution >= 4 is 7.60 Å². The van der Waals surface area contributed by atoms with Gasteiger partial charge in [-0.2, -0.15) is 0 Å². The van der Waals surface area contributed by atoms with Crippen LogP contribution in [0.4, 0.5) is 9.05 Å². The van der Waals surface area contributed by atoms with E-state index in [-0.39, 0.29) is 0 Å². The summed E-state index contributed by atoms with van der Waals surface area (Å²) < 4.78 is 40.0. The Kier molecular flexibility index (Phi) is 3.54. The van der Waals surface area contributed by atoms with Gasteiger partial charge in [-0.15, -0.1) is 9.46 Å². The van der Waals surface area contributed by atoms with Crippen molar-refractivity contribution in [2.75, 3.05) is 0 Å². The van der Waals surface area contributed by atoms with Crippen LogP contribution in [0, 0.1) is 6.07 Å².